The van der Waals surface area contributed by atoms with Gasteiger partial charge in [-0.25, -0.2) is 0 Å². The summed E-state index contributed by atoms with van der Waals surface area (Å²) in [7, 11) is 1.64. The number of carbonyl (C=O) groups excluding carboxylic acids is 1. The van der Waals surface area contributed by atoms with Crippen LogP contribution in [0.1, 0.15) is 12.8 Å². The number of amides is 1. The molecular weight excluding hydrogens is 320 g/mol. The Kier molecular flexibility index (Phi) is 3.90. The van der Waals surface area contributed by atoms with Crippen molar-refractivity contribution in [3.63, 3.8) is 0 Å². The molecule has 3 atom stereocenters. The normalized spacial score (nSPS) is 25.3. The van der Waals surface area contributed by atoms with Gasteiger partial charge in [-0.05, 0) is 48.9 Å². The van der Waals surface area contributed by atoms with Gasteiger partial charge in [-0.1, -0.05) is 0 Å². The van der Waals surface area contributed by atoms with Crippen molar-refractivity contribution in [3.05, 3.63) is 30.5 Å². The number of likely N-dealkylation sites (tertiary alicyclic amines) is 1. The Hall–Kier alpha value is -2.50. The van der Waals surface area contributed by atoms with E-state index >= 15 is 0 Å². The molecule has 2 aromatic rings. The lowest BCUT2D eigenvalue weighted by Crippen LogP contribution is -2.33. The van der Waals surface area contributed by atoms with Gasteiger partial charge >= 0.3 is 5.97 Å². The van der Waals surface area contributed by atoms with Crippen LogP contribution in [0.4, 0.5) is 0 Å². The molecule has 6 heteroatoms. The number of fused-ring (bicyclic) bond motifs is 2. The van der Waals surface area contributed by atoms with E-state index in [9.17, 15) is 9.59 Å². The molecule has 1 aliphatic carbocycles. The number of carbonyl (C=O) groups is 2. The Balaban J connectivity index is 1.43. The number of aromatic nitrogens is 1. The van der Waals surface area contributed by atoms with E-state index in [2.05, 4.69) is 0 Å². The van der Waals surface area contributed by atoms with Crippen LogP contribution >= 0.6 is 0 Å². The molecule has 25 heavy (non-hydrogen) atoms. The Morgan fingerprint density at radius 3 is 2.56 bits per heavy atom. The van der Waals surface area contributed by atoms with Crippen molar-refractivity contribution in [1.29, 1.82) is 0 Å². The highest BCUT2D eigenvalue weighted by Gasteiger charge is 2.44. The van der Waals surface area contributed by atoms with Gasteiger partial charge in [0, 0.05) is 30.2 Å². The fraction of sp³-hybridized carbons (Fsp3) is 0.474. The smallest absolute Gasteiger partial charge is 0.306 e. The van der Waals surface area contributed by atoms with Gasteiger partial charge < -0.3 is 19.3 Å². The van der Waals surface area contributed by atoms with Crippen LogP contribution in [0.3, 0.4) is 0 Å². The van der Waals surface area contributed by atoms with E-state index in [0.29, 0.717) is 44.3 Å². The molecule has 2 heterocycles. The Bertz CT molecular complexity index is 814. The topological polar surface area (TPSA) is 71.8 Å². The highest BCUT2D eigenvalue weighted by molar-refractivity contribution is 5.84. The van der Waals surface area contributed by atoms with Crippen LogP contribution in [0.5, 0.6) is 5.75 Å². The standard InChI is InChI=1S/C19H22N2O4/c1-25-16-2-3-17-12(8-16)4-5-20(17)11-18(22)21-9-14-6-13(19(23)24)7-15(14)10-21/h2-5,8,13-15H,6-7,9-11H2,1H3,(H,23,24)/t13?,14-,15+. The first kappa shape index (κ1) is 16.0. The van der Waals surface area contributed by atoms with E-state index in [1.54, 1.807) is 7.11 Å². The number of carboxylic acid groups (broad SMARTS) is 1. The molecule has 0 radical (unpaired) electrons. The zero-order chi connectivity index (χ0) is 17.6. The summed E-state index contributed by atoms with van der Waals surface area (Å²) in [5.74, 6) is 0.676. The predicted molar refractivity (Wildman–Crippen MR) is 92.4 cm³/mol. The average Bonchev–Trinajstić information content (AvgIpc) is 3.27. The number of nitrogens with zero attached hydrogens (tertiary/aromatic N) is 2. The number of benzene rings is 1. The van der Waals surface area contributed by atoms with E-state index < -0.39 is 5.97 Å². The number of hydrogen-bond acceptors (Lipinski definition) is 3. The molecule has 1 saturated carbocycles. The van der Waals surface area contributed by atoms with Crippen molar-refractivity contribution in [1.82, 2.24) is 9.47 Å². The SMILES string of the molecule is COc1ccc2c(ccn2CC(=O)N2C[C@H]3CC(C(=O)O)C[C@H]3C2)c1. The summed E-state index contributed by atoms with van der Waals surface area (Å²) in [6, 6.07) is 7.82. The summed E-state index contributed by atoms with van der Waals surface area (Å²) in [5.41, 5.74) is 1.01. The van der Waals surface area contributed by atoms with Crippen molar-refractivity contribution in [2.45, 2.75) is 19.4 Å². The van der Waals surface area contributed by atoms with Crippen molar-refractivity contribution in [2.24, 2.45) is 17.8 Å². The molecule has 0 spiro atoms. The van der Waals surface area contributed by atoms with E-state index in [1.165, 1.54) is 0 Å². The van der Waals surface area contributed by atoms with Gasteiger partial charge in [0.25, 0.3) is 0 Å². The maximum Gasteiger partial charge on any atom is 0.306 e. The quantitative estimate of drug-likeness (QED) is 0.925. The van der Waals surface area contributed by atoms with Crippen LogP contribution in [-0.4, -0.2) is 46.6 Å². The Morgan fingerprint density at radius 2 is 1.92 bits per heavy atom. The minimum Gasteiger partial charge on any atom is -0.497 e. The second-order valence-corrected chi connectivity index (χ2v) is 7.19. The molecule has 4 rings (SSSR count). The second-order valence-electron chi connectivity index (χ2n) is 7.19. The third-order valence-corrected chi connectivity index (χ3v) is 5.74. The highest BCUT2D eigenvalue weighted by atomic mass is 16.5. The number of methoxy groups -OCH3 is 1. The van der Waals surface area contributed by atoms with Crippen LogP contribution in [0.15, 0.2) is 30.5 Å². The zero-order valence-electron chi connectivity index (χ0n) is 14.2. The summed E-state index contributed by atoms with van der Waals surface area (Å²) in [4.78, 5) is 25.7. The van der Waals surface area contributed by atoms with Crippen molar-refractivity contribution >= 4 is 22.8 Å². The van der Waals surface area contributed by atoms with E-state index in [0.717, 1.165) is 16.7 Å². The fourth-order valence-electron chi connectivity index (χ4n) is 4.39. The minimum absolute atomic E-state index is 0.106. The van der Waals surface area contributed by atoms with Crippen LogP contribution in [0.25, 0.3) is 10.9 Å². The fourth-order valence-corrected chi connectivity index (χ4v) is 4.39. The van der Waals surface area contributed by atoms with Crippen LogP contribution < -0.4 is 4.74 Å². The maximum atomic E-state index is 12.7. The van der Waals surface area contributed by atoms with Gasteiger partial charge in [-0.15, -0.1) is 0 Å². The van der Waals surface area contributed by atoms with Gasteiger partial charge in [0.05, 0.1) is 13.0 Å². The first-order chi connectivity index (χ1) is 12.0. The predicted octanol–water partition coefficient (Wildman–Crippen LogP) is 2.22. The molecule has 1 aromatic heterocycles. The van der Waals surface area contributed by atoms with Crippen molar-refractivity contribution in [3.8, 4) is 5.75 Å². The molecule has 1 aromatic carbocycles. The molecule has 6 nitrogen and oxygen atoms in total. The lowest BCUT2D eigenvalue weighted by molar-refractivity contribution is -0.141. The van der Waals surface area contributed by atoms with Gasteiger partial charge in [0.15, 0.2) is 0 Å². The average molecular weight is 342 g/mol. The van der Waals surface area contributed by atoms with Gasteiger partial charge in [-0.2, -0.15) is 0 Å². The summed E-state index contributed by atoms with van der Waals surface area (Å²) in [6.07, 6.45) is 3.34. The maximum absolute atomic E-state index is 12.7. The molecular formula is C19H22N2O4. The van der Waals surface area contributed by atoms with E-state index in [4.69, 9.17) is 9.84 Å². The Labute approximate surface area is 146 Å². The molecule has 1 amide bonds. The number of ether oxygens (including phenoxy) is 1. The summed E-state index contributed by atoms with van der Waals surface area (Å²) < 4.78 is 7.20. The second kappa shape index (κ2) is 6.10. The van der Waals surface area contributed by atoms with E-state index in [-0.39, 0.29) is 11.8 Å². The molecule has 0 bridgehead atoms. The molecule has 132 valence electrons. The van der Waals surface area contributed by atoms with Crippen molar-refractivity contribution < 1.29 is 19.4 Å². The molecule has 1 saturated heterocycles. The van der Waals surface area contributed by atoms with Gasteiger partial charge in [0.2, 0.25) is 5.91 Å². The molecule has 2 aliphatic rings. The Morgan fingerprint density at radius 1 is 1.20 bits per heavy atom. The number of hydrogen-bond donors (Lipinski definition) is 1. The number of rotatable bonds is 4. The van der Waals surface area contributed by atoms with Crippen molar-refractivity contribution in [2.75, 3.05) is 20.2 Å². The lowest BCUT2D eigenvalue weighted by atomic mass is 10.0. The first-order valence-corrected chi connectivity index (χ1v) is 8.68. The molecule has 1 N–H and O–H groups in total. The van der Waals surface area contributed by atoms with Crippen LogP contribution in [0.2, 0.25) is 0 Å². The summed E-state index contributed by atoms with van der Waals surface area (Å²) in [5, 5.41) is 10.2. The minimum atomic E-state index is -0.693. The molecule has 1 aliphatic heterocycles. The molecule has 1 unspecified atom stereocenters. The third kappa shape index (κ3) is 2.86. The third-order valence-electron chi connectivity index (χ3n) is 5.74. The summed E-state index contributed by atoms with van der Waals surface area (Å²) >= 11 is 0. The lowest BCUT2D eigenvalue weighted by Gasteiger charge is -2.19. The monoisotopic (exact) mass is 342 g/mol. The highest BCUT2D eigenvalue weighted by Crippen LogP contribution is 2.41. The zero-order valence-corrected chi connectivity index (χ0v) is 14.2. The number of carboxylic acids is 1. The van der Waals surface area contributed by atoms with Crippen LogP contribution in [0, 0.1) is 17.8 Å². The van der Waals surface area contributed by atoms with Crippen LogP contribution in [-0.2, 0) is 16.1 Å². The summed E-state index contributed by atoms with van der Waals surface area (Å²) in [6.45, 7) is 1.71. The van der Waals surface area contributed by atoms with Gasteiger partial charge in [0.1, 0.15) is 12.3 Å². The number of aliphatic carboxylic acids is 1. The van der Waals surface area contributed by atoms with E-state index in [1.807, 2.05) is 39.9 Å². The van der Waals surface area contributed by atoms with Gasteiger partial charge in [-0.3, -0.25) is 9.59 Å². The molecule has 2 fully saturated rings. The largest absolute Gasteiger partial charge is 0.497 e. The first-order valence-electron chi connectivity index (χ1n) is 8.68.